The molecule has 1 heterocycles. The third-order valence-corrected chi connectivity index (χ3v) is 4.42. The van der Waals surface area contributed by atoms with E-state index in [9.17, 15) is 5.11 Å². The lowest BCUT2D eigenvalue weighted by Gasteiger charge is -1.99. The van der Waals surface area contributed by atoms with Gasteiger partial charge in [0.1, 0.15) is 10.8 Å². The van der Waals surface area contributed by atoms with Crippen molar-refractivity contribution in [1.82, 2.24) is 4.98 Å². The summed E-state index contributed by atoms with van der Waals surface area (Å²) in [5.41, 5.74) is 2.12. The third-order valence-electron chi connectivity index (χ3n) is 3.23. The van der Waals surface area contributed by atoms with Crippen molar-refractivity contribution >= 4 is 11.3 Å². The van der Waals surface area contributed by atoms with Gasteiger partial charge in [0, 0.05) is 4.88 Å². The number of hydrogen-bond donors (Lipinski definition) is 1. The maximum absolute atomic E-state index is 9.85. The van der Waals surface area contributed by atoms with Crippen molar-refractivity contribution in [3.63, 3.8) is 0 Å². The molecule has 0 bridgehead atoms. The van der Waals surface area contributed by atoms with E-state index in [0.717, 1.165) is 23.4 Å². The van der Waals surface area contributed by atoms with Crippen molar-refractivity contribution in [2.75, 3.05) is 0 Å². The highest BCUT2D eigenvalue weighted by molar-refractivity contribution is 7.15. The number of thiazole rings is 1. The van der Waals surface area contributed by atoms with Crippen LogP contribution in [0.25, 0.3) is 10.6 Å². The Hall–Kier alpha value is -1.35. The fraction of sp³-hybridized carbons (Fsp3) is 0.357. The Labute approximate surface area is 105 Å². The SMILES string of the molecule is Oc1ccccc1-c1nc2c(s1)CCCCC2. The number of para-hydroxylation sites is 1. The second-order valence-corrected chi connectivity index (χ2v) is 5.55. The van der Waals surface area contributed by atoms with Crippen molar-refractivity contribution < 1.29 is 5.11 Å². The highest BCUT2D eigenvalue weighted by atomic mass is 32.1. The number of benzene rings is 1. The van der Waals surface area contributed by atoms with Crippen molar-refractivity contribution in [3.05, 3.63) is 34.8 Å². The van der Waals surface area contributed by atoms with E-state index in [1.807, 2.05) is 18.2 Å². The Morgan fingerprint density at radius 2 is 1.88 bits per heavy atom. The minimum atomic E-state index is 0.330. The number of aromatic hydroxyl groups is 1. The van der Waals surface area contributed by atoms with Gasteiger partial charge < -0.3 is 5.11 Å². The number of phenolic OH excluding ortho intramolecular Hbond substituents is 1. The molecule has 0 saturated heterocycles. The Morgan fingerprint density at radius 1 is 1.06 bits per heavy atom. The average Bonchev–Trinajstić information content (AvgIpc) is 2.61. The molecule has 1 N–H and O–H groups in total. The summed E-state index contributed by atoms with van der Waals surface area (Å²) < 4.78 is 0. The van der Waals surface area contributed by atoms with Gasteiger partial charge in [0.25, 0.3) is 0 Å². The first-order chi connectivity index (χ1) is 8.34. The molecule has 0 fully saturated rings. The summed E-state index contributed by atoms with van der Waals surface area (Å²) in [6.07, 6.45) is 6.08. The van der Waals surface area contributed by atoms with E-state index in [1.165, 1.54) is 29.8 Å². The molecule has 0 aliphatic heterocycles. The van der Waals surface area contributed by atoms with Crippen molar-refractivity contribution in [1.29, 1.82) is 0 Å². The lowest BCUT2D eigenvalue weighted by atomic mass is 10.2. The average molecular weight is 245 g/mol. The molecule has 0 atom stereocenters. The Bertz CT molecular complexity index is 509. The second-order valence-electron chi connectivity index (χ2n) is 4.47. The fourth-order valence-corrected chi connectivity index (χ4v) is 3.48. The summed E-state index contributed by atoms with van der Waals surface area (Å²) >= 11 is 1.74. The Kier molecular flexibility index (Phi) is 2.85. The predicted octanol–water partition coefficient (Wildman–Crippen LogP) is 3.78. The molecule has 1 aliphatic rings. The van der Waals surface area contributed by atoms with Crippen LogP contribution in [0, 0.1) is 0 Å². The van der Waals surface area contributed by atoms with E-state index in [0.29, 0.717) is 5.75 Å². The van der Waals surface area contributed by atoms with E-state index in [-0.39, 0.29) is 0 Å². The molecule has 0 unspecified atom stereocenters. The summed E-state index contributed by atoms with van der Waals surface area (Å²) in [5.74, 6) is 0.330. The number of hydrogen-bond acceptors (Lipinski definition) is 3. The monoisotopic (exact) mass is 245 g/mol. The molecule has 2 aromatic rings. The van der Waals surface area contributed by atoms with Crippen LogP contribution in [-0.2, 0) is 12.8 Å². The molecule has 2 nitrogen and oxygen atoms in total. The number of nitrogens with zero attached hydrogens (tertiary/aromatic N) is 1. The predicted molar refractivity (Wildman–Crippen MR) is 70.5 cm³/mol. The Balaban J connectivity index is 2.02. The van der Waals surface area contributed by atoms with Gasteiger partial charge in [0.05, 0.1) is 11.3 Å². The lowest BCUT2D eigenvalue weighted by Crippen LogP contribution is -1.86. The van der Waals surface area contributed by atoms with Gasteiger partial charge in [-0.2, -0.15) is 0 Å². The summed E-state index contributed by atoms with van der Waals surface area (Å²) in [6.45, 7) is 0. The topological polar surface area (TPSA) is 33.1 Å². The molecule has 17 heavy (non-hydrogen) atoms. The lowest BCUT2D eigenvalue weighted by molar-refractivity contribution is 0.477. The normalized spacial score (nSPS) is 15.3. The molecule has 1 aromatic carbocycles. The van der Waals surface area contributed by atoms with Gasteiger partial charge >= 0.3 is 0 Å². The van der Waals surface area contributed by atoms with Gasteiger partial charge in [-0.25, -0.2) is 4.98 Å². The fourth-order valence-electron chi connectivity index (χ4n) is 2.30. The highest BCUT2D eigenvalue weighted by Crippen LogP contribution is 2.35. The van der Waals surface area contributed by atoms with E-state index in [4.69, 9.17) is 4.98 Å². The molecule has 0 radical (unpaired) electrons. The molecule has 3 heteroatoms. The molecule has 0 spiro atoms. The third kappa shape index (κ3) is 2.07. The van der Waals surface area contributed by atoms with Crippen LogP contribution in [0.2, 0.25) is 0 Å². The molecule has 0 saturated carbocycles. The zero-order valence-electron chi connectivity index (χ0n) is 9.65. The van der Waals surface area contributed by atoms with Crippen LogP contribution in [0.3, 0.4) is 0 Å². The first kappa shape index (κ1) is 10.8. The van der Waals surface area contributed by atoms with Gasteiger partial charge in [-0.1, -0.05) is 18.6 Å². The van der Waals surface area contributed by atoms with Gasteiger partial charge in [-0.05, 0) is 37.8 Å². The molecular formula is C14H15NOS. The summed E-state index contributed by atoms with van der Waals surface area (Å²) in [5, 5.41) is 10.8. The van der Waals surface area contributed by atoms with Gasteiger partial charge in [-0.3, -0.25) is 0 Å². The summed E-state index contributed by atoms with van der Waals surface area (Å²) in [7, 11) is 0. The minimum absolute atomic E-state index is 0.330. The molecule has 0 amide bonds. The van der Waals surface area contributed by atoms with Crippen LogP contribution in [-0.4, -0.2) is 10.1 Å². The van der Waals surface area contributed by atoms with Crippen molar-refractivity contribution in [2.24, 2.45) is 0 Å². The Morgan fingerprint density at radius 3 is 2.76 bits per heavy atom. The van der Waals surface area contributed by atoms with Crippen LogP contribution in [0.1, 0.15) is 29.8 Å². The maximum atomic E-state index is 9.85. The minimum Gasteiger partial charge on any atom is -0.507 e. The van der Waals surface area contributed by atoms with Gasteiger partial charge in [0.2, 0.25) is 0 Å². The largest absolute Gasteiger partial charge is 0.507 e. The molecule has 88 valence electrons. The van der Waals surface area contributed by atoms with Crippen molar-refractivity contribution in [2.45, 2.75) is 32.1 Å². The molecule has 1 aliphatic carbocycles. The molecule has 3 rings (SSSR count). The smallest absolute Gasteiger partial charge is 0.127 e. The number of aryl methyl sites for hydroxylation is 2. The van der Waals surface area contributed by atoms with E-state index < -0.39 is 0 Å². The number of rotatable bonds is 1. The first-order valence-electron chi connectivity index (χ1n) is 6.11. The maximum Gasteiger partial charge on any atom is 0.127 e. The standard InChI is InChI=1S/C14H15NOS/c16-12-8-5-4-6-10(12)14-15-11-7-2-1-3-9-13(11)17-14/h4-6,8,16H,1-3,7,9H2. The zero-order chi connectivity index (χ0) is 11.7. The number of fused-ring (bicyclic) bond motifs is 1. The van der Waals surface area contributed by atoms with Crippen LogP contribution in [0.4, 0.5) is 0 Å². The quantitative estimate of drug-likeness (QED) is 0.775. The van der Waals surface area contributed by atoms with Gasteiger partial charge in [-0.15, -0.1) is 11.3 Å². The summed E-state index contributed by atoms with van der Waals surface area (Å²) in [4.78, 5) is 6.12. The van der Waals surface area contributed by atoms with E-state index in [1.54, 1.807) is 17.4 Å². The molecular weight excluding hydrogens is 230 g/mol. The van der Waals surface area contributed by atoms with E-state index >= 15 is 0 Å². The van der Waals surface area contributed by atoms with Crippen LogP contribution in [0.15, 0.2) is 24.3 Å². The molecule has 1 aromatic heterocycles. The van der Waals surface area contributed by atoms with Crippen molar-refractivity contribution in [3.8, 4) is 16.3 Å². The number of aromatic nitrogens is 1. The zero-order valence-corrected chi connectivity index (χ0v) is 10.5. The highest BCUT2D eigenvalue weighted by Gasteiger charge is 2.16. The van der Waals surface area contributed by atoms with Crippen LogP contribution >= 0.6 is 11.3 Å². The number of phenols is 1. The van der Waals surface area contributed by atoms with Crippen LogP contribution < -0.4 is 0 Å². The second kappa shape index (κ2) is 4.49. The van der Waals surface area contributed by atoms with Gasteiger partial charge in [0.15, 0.2) is 0 Å². The van der Waals surface area contributed by atoms with Crippen LogP contribution in [0.5, 0.6) is 5.75 Å². The first-order valence-corrected chi connectivity index (χ1v) is 6.93. The summed E-state index contributed by atoms with van der Waals surface area (Å²) in [6, 6.07) is 7.45. The van der Waals surface area contributed by atoms with E-state index in [2.05, 4.69) is 0 Å².